The summed E-state index contributed by atoms with van der Waals surface area (Å²) in [7, 11) is 1.82. The van der Waals surface area contributed by atoms with Crippen molar-refractivity contribution in [3.05, 3.63) is 33.3 Å². The van der Waals surface area contributed by atoms with Crippen LogP contribution in [0.5, 0.6) is 0 Å². The minimum atomic E-state index is -1.18. The highest BCUT2D eigenvalue weighted by atomic mass is 16.5. The van der Waals surface area contributed by atoms with Gasteiger partial charge < -0.3 is 15.6 Å². The lowest BCUT2D eigenvalue weighted by Crippen LogP contribution is -2.66. The van der Waals surface area contributed by atoms with Gasteiger partial charge in [0.2, 0.25) is 5.91 Å². The summed E-state index contributed by atoms with van der Waals surface area (Å²) >= 11 is 0. The van der Waals surface area contributed by atoms with Crippen LogP contribution in [0.15, 0.2) is 22.0 Å². The molecule has 8 atom stereocenters. The first-order chi connectivity index (χ1) is 23.5. The van der Waals surface area contributed by atoms with E-state index in [0.29, 0.717) is 18.3 Å². The zero-order valence-electron chi connectivity index (χ0n) is 32.6. The molecule has 0 bridgehead atoms. The highest BCUT2D eigenvalue weighted by Gasteiger charge is 2.70. The maximum Gasteiger partial charge on any atom is 0.309 e. The van der Waals surface area contributed by atoms with Crippen LogP contribution in [0.2, 0.25) is 0 Å². The van der Waals surface area contributed by atoms with Crippen molar-refractivity contribution in [2.24, 2.45) is 63.5 Å². The summed E-state index contributed by atoms with van der Waals surface area (Å²) < 4.78 is 9.34. The number of nitrogens with two attached hydrogens (primary N) is 1. The monoisotopic (exact) mass is 707 g/mol. The van der Waals surface area contributed by atoms with Crippen molar-refractivity contribution < 1.29 is 29.0 Å². The normalized spacial score (nSPS) is 37.4. The van der Waals surface area contributed by atoms with Gasteiger partial charge in [-0.25, -0.2) is 4.68 Å². The number of aromatic nitrogens is 2. The highest BCUT2D eigenvalue weighted by molar-refractivity contribution is 6.01. The molecule has 0 saturated heterocycles. The first-order valence-electron chi connectivity index (χ1n) is 19.2. The van der Waals surface area contributed by atoms with Gasteiger partial charge in [-0.05, 0) is 116 Å². The van der Waals surface area contributed by atoms with Crippen molar-refractivity contribution >= 4 is 23.6 Å². The number of fused-ring (bicyclic) bond motifs is 7. The fourth-order valence-electron chi connectivity index (χ4n) is 13.1. The second kappa shape index (κ2) is 11.9. The summed E-state index contributed by atoms with van der Waals surface area (Å²) in [5.41, 5.74) is 6.20. The molecule has 10 nitrogen and oxygen atoms in total. The number of aliphatic carboxylic acids is 1. The van der Waals surface area contributed by atoms with Gasteiger partial charge in [0.15, 0.2) is 5.78 Å². The van der Waals surface area contributed by atoms with E-state index in [0.717, 1.165) is 62.6 Å². The summed E-state index contributed by atoms with van der Waals surface area (Å²) in [4.78, 5) is 64.1. The summed E-state index contributed by atoms with van der Waals surface area (Å²) in [5.74, 6) is -0.811. The third-order valence-corrected chi connectivity index (χ3v) is 15.8. The van der Waals surface area contributed by atoms with Gasteiger partial charge in [-0.2, -0.15) is 0 Å². The topological polar surface area (TPSA) is 151 Å². The maximum atomic E-state index is 14.1. The Balaban J connectivity index is 1.35. The molecule has 4 fully saturated rings. The van der Waals surface area contributed by atoms with Crippen LogP contribution >= 0.6 is 0 Å². The van der Waals surface area contributed by atoms with Crippen molar-refractivity contribution in [3.63, 3.8) is 0 Å². The molecule has 1 aromatic rings. The van der Waals surface area contributed by atoms with Crippen molar-refractivity contribution in [3.8, 4) is 0 Å². The number of ketones is 1. The lowest BCUT2D eigenvalue weighted by Gasteiger charge is -2.72. The quantitative estimate of drug-likeness (QED) is 0.300. The van der Waals surface area contributed by atoms with Crippen LogP contribution in [0.25, 0.3) is 0 Å². The number of carboxylic acid groups (broad SMARTS) is 1. The van der Waals surface area contributed by atoms with Crippen LogP contribution in [0.4, 0.5) is 0 Å². The number of nitrogens with zero attached hydrogens (tertiary/aromatic N) is 2. The number of hydrogen-bond acceptors (Lipinski definition) is 6. The Kier molecular flexibility index (Phi) is 8.79. The van der Waals surface area contributed by atoms with E-state index in [-0.39, 0.29) is 63.9 Å². The van der Waals surface area contributed by atoms with Gasteiger partial charge in [0.1, 0.15) is 12.6 Å². The van der Waals surface area contributed by atoms with E-state index < -0.39 is 28.7 Å². The van der Waals surface area contributed by atoms with E-state index in [1.807, 2.05) is 7.05 Å². The van der Waals surface area contributed by atoms with Crippen LogP contribution in [-0.2, 0) is 42.9 Å². The molecule has 0 radical (unpaired) electrons. The number of esters is 1. The predicted octanol–water partition coefficient (Wildman–Crippen LogP) is 6.32. The van der Waals surface area contributed by atoms with E-state index >= 15 is 0 Å². The molecule has 1 aromatic heterocycles. The van der Waals surface area contributed by atoms with Crippen LogP contribution in [0.3, 0.4) is 0 Å². The molecule has 51 heavy (non-hydrogen) atoms. The average Bonchev–Trinajstić information content (AvgIpc) is 3.47. The molecule has 0 aliphatic heterocycles. The molecule has 1 heterocycles. The maximum absolute atomic E-state index is 14.1. The molecule has 0 spiro atoms. The zero-order chi connectivity index (χ0) is 37.9. The average molecular weight is 708 g/mol. The van der Waals surface area contributed by atoms with Gasteiger partial charge >= 0.3 is 11.9 Å². The van der Waals surface area contributed by atoms with Gasteiger partial charge in [0.05, 0.1) is 17.5 Å². The molecular weight excluding hydrogens is 646 g/mol. The first kappa shape index (κ1) is 37.6. The zero-order valence-corrected chi connectivity index (χ0v) is 32.6. The summed E-state index contributed by atoms with van der Waals surface area (Å²) in [5, 5.41) is 9.60. The van der Waals surface area contributed by atoms with Crippen molar-refractivity contribution in [1.29, 1.82) is 0 Å². The Morgan fingerprint density at radius 3 is 2.24 bits per heavy atom. The number of amides is 1. The molecule has 4 saturated carbocycles. The number of rotatable bonds is 8. The number of allylic oxidation sites excluding steroid dienone is 2. The lowest BCUT2D eigenvalue weighted by molar-refractivity contribution is -0.232. The smallest absolute Gasteiger partial charge is 0.309 e. The fourth-order valence-corrected chi connectivity index (χ4v) is 13.1. The van der Waals surface area contributed by atoms with E-state index in [4.69, 9.17) is 10.5 Å². The van der Waals surface area contributed by atoms with Crippen LogP contribution in [-0.4, -0.2) is 44.2 Å². The molecular formula is C41H61N3O7. The predicted molar refractivity (Wildman–Crippen MR) is 193 cm³/mol. The molecule has 3 N–H and O–H groups in total. The number of carbonyl (C=O) groups is 4. The standard InChI is InChI=1S/C41H61N3O7/c1-23(2)33-25(45)20-41(28-19-31(47)44(43(28)10)22-30(42)46)18-17-39(8)24(34(33)41)11-12-27-38(7)15-14-29(51-32(48)21-36(3,4)35(49)50)37(5,6)26(38)13-16-40(27,39)9/h19,23-24,26-27,29H,11-18,20-22H2,1-10H3,(H2,42,46)(H,49,50). The number of hydrogen-bond donors (Lipinski definition) is 2. The number of carbonyl (C=O) groups excluding carboxylic acids is 3. The van der Waals surface area contributed by atoms with Crippen molar-refractivity contribution in [2.45, 2.75) is 145 Å². The van der Waals surface area contributed by atoms with Crippen LogP contribution in [0.1, 0.15) is 132 Å². The highest BCUT2D eigenvalue weighted by Crippen LogP contribution is 2.76. The minimum absolute atomic E-state index is 0.00292. The molecule has 8 unspecified atom stereocenters. The molecule has 1 amide bonds. The molecule has 282 valence electrons. The molecule has 6 rings (SSSR count). The number of primary amides is 1. The first-order valence-corrected chi connectivity index (χ1v) is 19.2. The molecule has 10 heteroatoms. The molecule has 5 aliphatic rings. The summed E-state index contributed by atoms with van der Waals surface area (Å²) in [6.45, 7) is 19.2. The van der Waals surface area contributed by atoms with Gasteiger partial charge in [-0.3, -0.25) is 28.7 Å². The van der Waals surface area contributed by atoms with Crippen molar-refractivity contribution in [1.82, 2.24) is 9.36 Å². The van der Waals surface area contributed by atoms with Gasteiger partial charge in [-0.15, -0.1) is 0 Å². The third kappa shape index (κ3) is 5.25. The SMILES string of the molecule is CC(C)C1=C2C3CCC4C5(C)CCC(OC(=O)CC(C)(C)C(=O)O)C(C)(C)C5CCC4(C)C3(C)CCC2(c2cc(=O)n(CC(N)=O)n2C)CC1=O. The number of Topliss-reactive ketones (excluding diaryl/α,β-unsaturated/α-hetero) is 1. The van der Waals surface area contributed by atoms with E-state index in [9.17, 15) is 29.1 Å². The fraction of sp³-hybridized carbons (Fsp3) is 0.780. The molecule has 0 aromatic carbocycles. The van der Waals surface area contributed by atoms with E-state index in [1.165, 1.54) is 10.3 Å². The largest absolute Gasteiger partial charge is 0.481 e. The van der Waals surface area contributed by atoms with Gasteiger partial charge in [0.25, 0.3) is 5.56 Å². The Bertz CT molecular complexity index is 1760. The minimum Gasteiger partial charge on any atom is -0.481 e. The van der Waals surface area contributed by atoms with Crippen LogP contribution in [0, 0.1) is 50.7 Å². The van der Waals surface area contributed by atoms with Gasteiger partial charge in [0, 0.05) is 30.4 Å². The second-order valence-corrected chi connectivity index (χ2v) is 19.4. The Morgan fingerprint density at radius 1 is 0.961 bits per heavy atom. The molecule has 5 aliphatic carbocycles. The second-order valence-electron chi connectivity index (χ2n) is 19.4. The number of ether oxygens (including phenoxy) is 1. The number of carboxylic acids is 1. The Morgan fingerprint density at radius 2 is 1.63 bits per heavy atom. The Labute approximate surface area is 302 Å². The van der Waals surface area contributed by atoms with Crippen molar-refractivity contribution in [2.75, 3.05) is 0 Å². The summed E-state index contributed by atoms with van der Waals surface area (Å²) in [6.07, 6.45) is 7.40. The van der Waals surface area contributed by atoms with Gasteiger partial charge in [-0.1, -0.05) is 48.5 Å². The Hall–Kier alpha value is -3.17. The third-order valence-electron chi connectivity index (χ3n) is 15.8. The lowest BCUT2D eigenvalue weighted by atomic mass is 9.33. The van der Waals surface area contributed by atoms with E-state index in [1.54, 1.807) is 24.6 Å². The summed E-state index contributed by atoms with van der Waals surface area (Å²) in [6, 6.07) is 1.65. The van der Waals surface area contributed by atoms with Crippen LogP contribution < -0.4 is 11.3 Å². The van der Waals surface area contributed by atoms with E-state index in [2.05, 4.69) is 48.5 Å².